The SMILES string of the molecule is CSCC(C)CNC(=O)Nc1c(Br)cc(Br)cc1C(=O)O. The number of urea groups is 1. The molecule has 8 heteroatoms. The van der Waals surface area contributed by atoms with Gasteiger partial charge in [-0.25, -0.2) is 9.59 Å². The van der Waals surface area contributed by atoms with Gasteiger partial charge in [-0.1, -0.05) is 22.9 Å². The highest BCUT2D eigenvalue weighted by Crippen LogP contribution is 2.30. The number of anilines is 1. The third-order valence-corrected chi connectivity index (χ3v) is 4.57. The fraction of sp³-hybridized carbons (Fsp3) is 0.385. The van der Waals surface area contributed by atoms with Crippen molar-refractivity contribution in [1.29, 1.82) is 0 Å². The Labute approximate surface area is 144 Å². The van der Waals surface area contributed by atoms with Gasteiger partial charge in [-0.05, 0) is 46.0 Å². The number of rotatable bonds is 6. The minimum absolute atomic E-state index is 0.0172. The van der Waals surface area contributed by atoms with E-state index in [4.69, 9.17) is 0 Å². The maximum Gasteiger partial charge on any atom is 0.337 e. The van der Waals surface area contributed by atoms with Gasteiger partial charge < -0.3 is 15.7 Å². The number of nitrogens with one attached hydrogen (secondary N) is 2. The first-order valence-electron chi connectivity index (χ1n) is 6.11. The molecule has 0 aromatic heterocycles. The summed E-state index contributed by atoms with van der Waals surface area (Å²) in [7, 11) is 0. The first-order chi connectivity index (χ1) is 9.85. The Morgan fingerprint density at radius 1 is 1.38 bits per heavy atom. The van der Waals surface area contributed by atoms with E-state index in [1.165, 1.54) is 6.07 Å². The number of carbonyl (C=O) groups is 2. The molecular formula is C13H16Br2N2O3S. The summed E-state index contributed by atoms with van der Waals surface area (Å²) in [4.78, 5) is 23.1. The second kappa shape index (κ2) is 8.65. The molecule has 0 radical (unpaired) electrons. The van der Waals surface area contributed by atoms with Crippen LogP contribution in [0, 0.1) is 5.92 Å². The van der Waals surface area contributed by atoms with Crippen molar-refractivity contribution in [3.05, 3.63) is 26.6 Å². The van der Waals surface area contributed by atoms with Gasteiger partial charge in [0.1, 0.15) is 0 Å². The maximum absolute atomic E-state index is 11.9. The van der Waals surface area contributed by atoms with Crippen molar-refractivity contribution in [2.75, 3.05) is 23.9 Å². The maximum atomic E-state index is 11.9. The second-order valence-corrected chi connectivity index (χ2v) is 7.19. The van der Waals surface area contributed by atoms with Crippen LogP contribution in [0.5, 0.6) is 0 Å². The van der Waals surface area contributed by atoms with Gasteiger partial charge in [0.25, 0.3) is 0 Å². The molecule has 0 aliphatic carbocycles. The quantitative estimate of drug-likeness (QED) is 0.625. The summed E-state index contributed by atoms with van der Waals surface area (Å²) in [6, 6.07) is 2.70. The van der Waals surface area contributed by atoms with Gasteiger partial charge in [-0.2, -0.15) is 11.8 Å². The van der Waals surface area contributed by atoms with Crippen LogP contribution in [0.3, 0.4) is 0 Å². The zero-order chi connectivity index (χ0) is 16.0. The number of amides is 2. The minimum atomic E-state index is -1.11. The van der Waals surface area contributed by atoms with Crippen LogP contribution >= 0.6 is 43.6 Å². The zero-order valence-electron chi connectivity index (χ0n) is 11.6. The summed E-state index contributed by atoms with van der Waals surface area (Å²) < 4.78 is 1.12. The van der Waals surface area contributed by atoms with Crippen molar-refractivity contribution in [1.82, 2.24) is 5.32 Å². The number of hydrogen-bond donors (Lipinski definition) is 3. The van der Waals surface area contributed by atoms with Gasteiger partial charge in [0.15, 0.2) is 0 Å². The van der Waals surface area contributed by atoms with Gasteiger partial charge in [-0.15, -0.1) is 0 Å². The lowest BCUT2D eigenvalue weighted by Crippen LogP contribution is -2.33. The van der Waals surface area contributed by atoms with Crippen LogP contribution in [-0.4, -0.2) is 35.7 Å². The molecule has 1 aromatic carbocycles. The monoisotopic (exact) mass is 438 g/mol. The highest BCUT2D eigenvalue weighted by molar-refractivity contribution is 9.11. The van der Waals surface area contributed by atoms with E-state index in [1.807, 2.05) is 13.2 Å². The number of carbonyl (C=O) groups excluding carboxylic acids is 1. The van der Waals surface area contributed by atoms with Crippen molar-refractivity contribution < 1.29 is 14.7 Å². The average molecular weight is 440 g/mol. The smallest absolute Gasteiger partial charge is 0.337 e. The molecule has 1 aromatic rings. The molecule has 3 N–H and O–H groups in total. The Morgan fingerprint density at radius 2 is 2.05 bits per heavy atom. The molecule has 5 nitrogen and oxygen atoms in total. The van der Waals surface area contributed by atoms with E-state index in [0.29, 0.717) is 21.4 Å². The molecule has 116 valence electrons. The van der Waals surface area contributed by atoms with Gasteiger partial charge in [0, 0.05) is 15.5 Å². The van der Waals surface area contributed by atoms with Gasteiger partial charge >= 0.3 is 12.0 Å². The molecule has 2 amide bonds. The molecule has 0 saturated heterocycles. The Bertz CT molecular complexity index is 540. The molecule has 0 spiro atoms. The number of hydrogen-bond acceptors (Lipinski definition) is 3. The number of carboxylic acid groups (broad SMARTS) is 1. The van der Waals surface area contributed by atoms with Crippen molar-refractivity contribution in [3.8, 4) is 0 Å². The van der Waals surface area contributed by atoms with Gasteiger partial charge in [0.05, 0.1) is 11.3 Å². The zero-order valence-corrected chi connectivity index (χ0v) is 15.6. The Balaban J connectivity index is 2.78. The predicted octanol–water partition coefficient (Wildman–Crippen LogP) is 4.03. The number of thioether (sulfide) groups is 1. The van der Waals surface area contributed by atoms with E-state index in [0.717, 1.165) is 5.75 Å². The number of halogens is 2. The summed E-state index contributed by atoms with van der Waals surface area (Å²) in [6.45, 7) is 2.57. The summed E-state index contributed by atoms with van der Waals surface area (Å²) in [6.07, 6.45) is 2.01. The average Bonchev–Trinajstić information content (AvgIpc) is 2.39. The lowest BCUT2D eigenvalue weighted by molar-refractivity contribution is 0.0698. The molecule has 0 fully saturated rings. The predicted molar refractivity (Wildman–Crippen MR) is 93.4 cm³/mol. The van der Waals surface area contributed by atoms with E-state index in [-0.39, 0.29) is 11.3 Å². The summed E-state index contributed by atoms with van der Waals surface area (Å²) >= 11 is 8.20. The molecular weight excluding hydrogens is 424 g/mol. The molecule has 1 unspecified atom stereocenters. The van der Waals surface area contributed by atoms with Crippen molar-refractivity contribution >= 4 is 61.3 Å². The van der Waals surface area contributed by atoms with E-state index in [2.05, 4.69) is 42.5 Å². The molecule has 0 bridgehead atoms. The lowest BCUT2D eigenvalue weighted by atomic mass is 10.2. The standard InChI is InChI=1S/C13H16Br2N2O3S/c1-7(6-21-2)5-16-13(20)17-11-9(12(18)19)3-8(14)4-10(11)15/h3-4,7H,5-6H2,1-2H3,(H,18,19)(H2,16,17,20). The Hall–Kier alpha value is -0.730. The third-order valence-electron chi connectivity index (χ3n) is 2.59. The molecule has 0 aliphatic heterocycles. The third kappa shape index (κ3) is 5.88. The molecule has 0 aliphatic rings. The first kappa shape index (κ1) is 18.3. The highest BCUT2D eigenvalue weighted by atomic mass is 79.9. The van der Waals surface area contributed by atoms with E-state index < -0.39 is 12.0 Å². The molecule has 0 saturated carbocycles. The summed E-state index contributed by atoms with van der Waals surface area (Å²) in [5.41, 5.74) is 0.254. The highest BCUT2D eigenvalue weighted by Gasteiger charge is 2.17. The van der Waals surface area contributed by atoms with E-state index in [9.17, 15) is 14.7 Å². The fourth-order valence-corrected chi connectivity index (χ4v) is 3.65. The summed E-state index contributed by atoms with van der Waals surface area (Å²) in [5.74, 6) is 0.184. The van der Waals surface area contributed by atoms with Gasteiger partial charge in [-0.3, -0.25) is 0 Å². The van der Waals surface area contributed by atoms with Crippen molar-refractivity contribution in [2.45, 2.75) is 6.92 Å². The normalized spacial score (nSPS) is 11.8. The number of aromatic carboxylic acids is 1. The van der Waals surface area contributed by atoms with E-state index >= 15 is 0 Å². The molecule has 21 heavy (non-hydrogen) atoms. The van der Waals surface area contributed by atoms with Crippen LogP contribution in [-0.2, 0) is 0 Å². The van der Waals surface area contributed by atoms with Crippen LogP contribution in [0.25, 0.3) is 0 Å². The van der Waals surface area contributed by atoms with Gasteiger partial charge in [0.2, 0.25) is 0 Å². The Morgan fingerprint density at radius 3 is 2.62 bits per heavy atom. The fourth-order valence-electron chi connectivity index (χ4n) is 1.64. The van der Waals surface area contributed by atoms with E-state index in [1.54, 1.807) is 17.8 Å². The van der Waals surface area contributed by atoms with Crippen LogP contribution in [0.15, 0.2) is 21.1 Å². The second-order valence-electron chi connectivity index (χ2n) is 4.51. The largest absolute Gasteiger partial charge is 0.478 e. The number of benzene rings is 1. The molecule has 1 rings (SSSR count). The van der Waals surface area contributed by atoms with Crippen molar-refractivity contribution in [2.24, 2.45) is 5.92 Å². The summed E-state index contributed by atoms with van der Waals surface area (Å²) in [5, 5.41) is 14.5. The van der Waals surface area contributed by atoms with Crippen LogP contribution in [0.4, 0.5) is 10.5 Å². The lowest BCUT2D eigenvalue weighted by Gasteiger charge is -2.14. The van der Waals surface area contributed by atoms with Crippen molar-refractivity contribution in [3.63, 3.8) is 0 Å². The topological polar surface area (TPSA) is 78.4 Å². The van der Waals surface area contributed by atoms with Crippen LogP contribution < -0.4 is 10.6 Å². The molecule has 0 heterocycles. The number of carboxylic acids is 1. The first-order valence-corrected chi connectivity index (χ1v) is 9.09. The Kier molecular flexibility index (Phi) is 7.55. The van der Waals surface area contributed by atoms with Crippen LogP contribution in [0.1, 0.15) is 17.3 Å². The minimum Gasteiger partial charge on any atom is -0.478 e. The van der Waals surface area contributed by atoms with Crippen LogP contribution in [0.2, 0.25) is 0 Å². The molecule has 1 atom stereocenters.